The van der Waals surface area contributed by atoms with Crippen LogP contribution >= 0.6 is 11.6 Å². The lowest BCUT2D eigenvalue weighted by Crippen LogP contribution is -2.40. The number of hydrogen-bond donors (Lipinski definition) is 2. The maximum absolute atomic E-state index is 12.9. The lowest BCUT2D eigenvalue weighted by atomic mass is 10.2. The summed E-state index contributed by atoms with van der Waals surface area (Å²) in [5.41, 5.74) is 0. The van der Waals surface area contributed by atoms with Gasteiger partial charge in [0.05, 0.1) is 9.92 Å². The van der Waals surface area contributed by atoms with Crippen molar-refractivity contribution in [1.29, 1.82) is 0 Å². The van der Waals surface area contributed by atoms with E-state index >= 15 is 0 Å². The first-order valence-electron chi connectivity index (χ1n) is 4.98. The van der Waals surface area contributed by atoms with E-state index in [4.69, 9.17) is 16.7 Å². The molecule has 1 aromatic rings. The Hall–Kier alpha value is -1.18. The number of sulfonamides is 1. The van der Waals surface area contributed by atoms with E-state index < -0.39 is 27.9 Å². The molecule has 8 heteroatoms. The molecule has 5 nitrogen and oxygen atoms in total. The molecular formula is C10H11ClFNO4S. The average molecular weight is 296 g/mol. The summed E-state index contributed by atoms with van der Waals surface area (Å²) in [6, 6.07) is 1.60. The van der Waals surface area contributed by atoms with Crippen molar-refractivity contribution in [2.24, 2.45) is 0 Å². The third-order valence-electron chi connectivity index (χ3n) is 2.21. The van der Waals surface area contributed by atoms with Gasteiger partial charge < -0.3 is 5.11 Å². The molecular weight excluding hydrogens is 285 g/mol. The van der Waals surface area contributed by atoms with Gasteiger partial charge in [0.1, 0.15) is 11.9 Å². The standard InChI is InChI=1S/C10H11ClFNO4S/c1-2-9(10(14)15)13-18(16,17)6-3-4-8(12)7(11)5-6/h3-5,9,13H,2H2,1H3,(H,14,15)/t9-/m0/s1. The number of hydrogen-bond acceptors (Lipinski definition) is 3. The zero-order valence-corrected chi connectivity index (χ0v) is 10.9. The van der Waals surface area contributed by atoms with E-state index in [0.29, 0.717) is 0 Å². The quantitative estimate of drug-likeness (QED) is 0.864. The van der Waals surface area contributed by atoms with Crippen molar-refractivity contribution in [2.75, 3.05) is 0 Å². The largest absolute Gasteiger partial charge is 0.480 e. The van der Waals surface area contributed by atoms with E-state index in [2.05, 4.69) is 0 Å². The van der Waals surface area contributed by atoms with E-state index in [-0.39, 0.29) is 16.3 Å². The Kier molecular flexibility index (Phi) is 4.66. The number of aliphatic carboxylic acids is 1. The molecule has 0 amide bonds. The zero-order valence-electron chi connectivity index (χ0n) is 9.35. The molecule has 0 aliphatic heterocycles. The van der Waals surface area contributed by atoms with Crippen LogP contribution in [0, 0.1) is 5.82 Å². The Bertz CT molecular complexity index is 561. The van der Waals surface area contributed by atoms with Crippen molar-refractivity contribution in [1.82, 2.24) is 4.72 Å². The first-order chi connectivity index (χ1) is 8.27. The Morgan fingerprint density at radius 3 is 2.61 bits per heavy atom. The van der Waals surface area contributed by atoms with Crippen LogP contribution in [0.3, 0.4) is 0 Å². The Morgan fingerprint density at radius 1 is 1.56 bits per heavy atom. The molecule has 0 saturated heterocycles. The van der Waals surface area contributed by atoms with Crippen LogP contribution < -0.4 is 4.72 Å². The molecule has 1 aromatic carbocycles. The highest BCUT2D eigenvalue weighted by Crippen LogP contribution is 2.19. The fourth-order valence-corrected chi connectivity index (χ4v) is 2.75. The first-order valence-corrected chi connectivity index (χ1v) is 6.84. The predicted octanol–water partition coefficient (Wildman–Crippen LogP) is 1.62. The van der Waals surface area contributed by atoms with Crippen molar-refractivity contribution in [2.45, 2.75) is 24.3 Å². The van der Waals surface area contributed by atoms with Gasteiger partial charge in [-0.05, 0) is 24.6 Å². The fourth-order valence-electron chi connectivity index (χ4n) is 1.21. The molecule has 0 saturated carbocycles. The van der Waals surface area contributed by atoms with Crippen molar-refractivity contribution < 1.29 is 22.7 Å². The maximum atomic E-state index is 12.9. The molecule has 0 aliphatic rings. The first kappa shape index (κ1) is 14.9. The number of carboxylic acid groups (broad SMARTS) is 1. The minimum Gasteiger partial charge on any atom is -0.480 e. The van der Waals surface area contributed by atoms with Crippen molar-refractivity contribution in [3.63, 3.8) is 0 Å². The number of carboxylic acids is 1. The van der Waals surface area contributed by atoms with E-state index in [0.717, 1.165) is 18.2 Å². The van der Waals surface area contributed by atoms with E-state index in [9.17, 15) is 17.6 Å². The van der Waals surface area contributed by atoms with E-state index in [1.807, 2.05) is 4.72 Å². The van der Waals surface area contributed by atoms with E-state index in [1.54, 1.807) is 0 Å². The summed E-state index contributed by atoms with van der Waals surface area (Å²) in [6.07, 6.45) is 0.0868. The normalized spacial score (nSPS) is 13.3. The molecule has 1 atom stereocenters. The third-order valence-corrected chi connectivity index (χ3v) is 3.96. The van der Waals surface area contributed by atoms with E-state index in [1.165, 1.54) is 6.92 Å². The molecule has 0 fully saturated rings. The molecule has 0 unspecified atom stereocenters. The molecule has 0 aromatic heterocycles. The van der Waals surface area contributed by atoms with Gasteiger partial charge in [0.2, 0.25) is 10.0 Å². The smallest absolute Gasteiger partial charge is 0.321 e. The summed E-state index contributed by atoms with van der Waals surface area (Å²) in [6.45, 7) is 1.53. The highest BCUT2D eigenvalue weighted by Gasteiger charge is 2.24. The minimum absolute atomic E-state index is 0.0868. The summed E-state index contributed by atoms with van der Waals surface area (Å²) in [4.78, 5) is 10.5. The highest BCUT2D eigenvalue weighted by atomic mass is 35.5. The lowest BCUT2D eigenvalue weighted by molar-refractivity contribution is -0.139. The third kappa shape index (κ3) is 3.41. The average Bonchev–Trinajstić information content (AvgIpc) is 2.29. The van der Waals surface area contributed by atoms with Crippen molar-refractivity contribution in [3.8, 4) is 0 Å². The Labute approximate surface area is 109 Å². The van der Waals surface area contributed by atoms with Gasteiger partial charge in [-0.3, -0.25) is 4.79 Å². The molecule has 100 valence electrons. The summed E-state index contributed by atoms with van der Waals surface area (Å²) in [5, 5.41) is 8.42. The SMILES string of the molecule is CC[C@H](NS(=O)(=O)c1ccc(F)c(Cl)c1)C(=O)O. The second-order valence-electron chi connectivity index (χ2n) is 3.50. The molecule has 0 aliphatic carbocycles. The molecule has 0 spiro atoms. The Balaban J connectivity index is 3.06. The number of benzene rings is 1. The lowest BCUT2D eigenvalue weighted by Gasteiger charge is -2.12. The number of nitrogens with one attached hydrogen (secondary N) is 1. The van der Waals surface area contributed by atoms with Crippen LogP contribution in [0.5, 0.6) is 0 Å². The predicted molar refractivity (Wildman–Crippen MR) is 63.4 cm³/mol. The fraction of sp³-hybridized carbons (Fsp3) is 0.300. The van der Waals surface area contributed by atoms with Gasteiger partial charge in [-0.1, -0.05) is 18.5 Å². The molecule has 1 rings (SSSR count). The summed E-state index contributed by atoms with van der Waals surface area (Å²) < 4.78 is 38.5. The van der Waals surface area contributed by atoms with Crippen molar-refractivity contribution in [3.05, 3.63) is 29.0 Å². The second kappa shape index (κ2) is 5.64. The van der Waals surface area contributed by atoms with Gasteiger partial charge in [0, 0.05) is 0 Å². The second-order valence-corrected chi connectivity index (χ2v) is 5.62. The van der Waals surface area contributed by atoms with Gasteiger partial charge >= 0.3 is 5.97 Å². The summed E-state index contributed by atoms with van der Waals surface area (Å²) in [7, 11) is -4.04. The van der Waals surface area contributed by atoms with Gasteiger partial charge in [0.25, 0.3) is 0 Å². The highest BCUT2D eigenvalue weighted by molar-refractivity contribution is 7.89. The van der Waals surface area contributed by atoms with Gasteiger partial charge in [0.15, 0.2) is 0 Å². The van der Waals surface area contributed by atoms with Gasteiger partial charge in [-0.2, -0.15) is 4.72 Å². The number of carbonyl (C=O) groups is 1. The molecule has 2 N–H and O–H groups in total. The monoisotopic (exact) mass is 295 g/mol. The van der Waals surface area contributed by atoms with Crippen molar-refractivity contribution >= 4 is 27.6 Å². The maximum Gasteiger partial charge on any atom is 0.321 e. The summed E-state index contributed by atoms with van der Waals surface area (Å²) in [5.74, 6) is -2.03. The molecule has 0 bridgehead atoms. The van der Waals surface area contributed by atoms with Crippen LogP contribution in [0.2, 0.25) is 5.02 Å². The molecule has 0 heterocycles. The van der Waals surface area contributed by atoms with Crippen LogP contribution in [0.1, 0.15) is 13.3 Å². The molecule has 18 heavy (non-hydrogen) atoms. The van der Waals surface area contributed by atoms with Crippen LogP contribution in [-0.4, -0.2) is 25.5 Å². The summed E-state index contributed by atoms with van der Waals surface area (Å²) >= 11 is 5.47. The zero-order chi connectivity index (χ0) is 13.9. The number of rotatable bonds is 5. The van der Waals surface area contributed by atoms with Crippen LogP contribution in [0.4, 0.5) is 4.39 Å². The Morgan fingerprint density at radius 2 is 2.17 bits per heavy atom. The van der Waals surface area contributed by atoms with Crippen LogP contribution in [0.25, 0.3) is 0 Å². The van der Waals surface area contributed by atoms with Crippen LogP contribution in [0.15, 0.2) is 23.1 Å². The number of halogens is 2. The topological polar surface area (TPSA) is 83.5 Å². The van der Waals surface area contributed by atoms with Gasteiger partial charge in [-0.25, -0.2) is 12.8 Å². The molecule has 0 radical (unpaired) electrons. The van der Waals surface area contributed by atoms with Gasteiger partial charge in [-0.15, -0.1) is 0 Å². The minimum atomic E-state index is -4.04. The van der Waals surface area contributed by atoms with Crippen LogP contribution in [-0.2, 0) is 14.8 Å².